The minimum Gasteiger partial charge on any atom is -0.324 e. The number of hydrogen-bond donors (Lipinski definition) is 1. The van der Waals surface area contributed by atoms with E-state index >= 15 is 0 Å². The van der Waals surface area contributed by atoms with E-state index in [9.17, 15) is 14.4 Å². The van der Waals surface area contributed by atoms with Crippen LogP contribution in [-0.2, 0) is 24.3 Å². The number of anilines is 1. The molecule has 2 heterocycles. The van der Waals surface area contributed by atoms with Gasteiger partial charge in [0.2, 0.25) is 5.91 Å². The van der Waals surface area contributed by atoms with Crippen molar-refractivity contribution in [2.24, 2.45) is 0 Å². The number of aryl methyl sites for hydroxylation is 1. The minimum atomic E-state index is -0.496. The van der Waals surface area contributed by atoms with Crippen LogP contribution in [0.5, 0.6) is 0 Å². The van der Waals surface area contributed by atoms with E-state index in [1.54, 1.807) is 0 Å². The van der Waals surface area contributed by atoms with Gasteiger partial charge in [0.05, 0.1) is 12.1 Å². The highest BCUT2D eigenvalue weighted by atomic mass is 32.1. The molecule has 3 aromatic carbocycles. The molecule has 1 N–H and O–H groups in total. The van der Waals surface area contributed by atoms with Crippen LogP contribution < -0.4 is 16.6 Å². The second-order valence-corrected chi connectivity index (χ2v) is 9.13. The number of benzene rings is 3. The van der Waals surface area contributed by atoms with E-state index in [2.05, 4.69) is 5.32 Å². The van der Waals surface area contributed by atoms with E-state index in [-0.39, 0.29) is 24.6 Å². The number of carbonyl (C=O) groups excluding carboxylic acids is 1. The molecular formula is C27H23N3O3S. The van der Waals surface area contributed by atoms with Crippen molar-refractivity contribution in [3.05, 3.63) is 111 Å². The number of carbonyl (C=O) groups is 1. The van der Waals surface area contributed by atoms with Gasteiger partial charge in [0.25, 0.3) is 5.56 Å². The average Bonchev–Trinajstić information content (AvgIpc) is 3.25. The van der Waals surface area contributed by atoms with Gasteiger partial charge in [-0.2, -0.15) is 0 Å². The summed E-state index contributed by atoms with van der Waals surface area (Å²) in [6.07, 6.45) is 0.776. The van der Waals surface area contributed by atoms with E-state index in [4.69, 9.17) is 0 Å². The van der Waals surface area contributed by atoms with Gasteiger partial charge in [-0.05, 0) is 29.7 Å². The molecule has 0 aliphatic rings. The lowest BCUT2D eigenvalue weighted by Crippen LogP contribution is -2.41. The van der Waals surface area contributed by atoms with Gasteiger partial charge in [-0.25, -0.2) is 4.79 Å². The van der Waals surface area contributed by atoms with Crippen LogP contribution in [-0.4, -0.2) is 15.0 Å². The van der Waals surface area contributed by atoms with Crippen LogP contribution in [0, 0.1) is 0 Å². The fraction of sp³-hybridized carbons (Fsp3) is 0.148. The summed E-state index contributed by atoms with van der Waals surface area (Å²) in [6.45, 7) is 1.97. The van der Waals surface area contributed by atoms with E-state index < -0.39 is 5.69 Å². The molecule has 170 valence electrons. The molecule has 0 radical (unpaired) electrons. The number of amides is 1. The topological polar surface area (TPSA) is 73.1 Å². The number of fused-ring (bicyclic) bond motifs is 3. The zero-order chi connectivity index (χ0) is 23.7. The van der Waals surface area contributed by atoms with Crippen molar-refractivity contribution in [2.45, 2.75) is 26.4 Å². The third-order valence-corrected chi connectivity index (χ3v) is 7.05. The van der Waals surface area contributed by atoms with Crippen LogP contribution in [0.4, 0.5) is 5.69 Å². The highest BCUT2D eigenvalue weighted by Crippen LogP contribution is 2.31. The third-order valence-electron chi connectivity index (χ3n) is 5.90. The summed E-state index contributed by atoms with van der Waals surface area (Å²) >= 11 is 1.35. The van der Waals surface area contributed by atoms with Crippen molar-refractivity contribution in [3.8, 4) is 0 Å². The molecule has 0 bridgehead atoms. The molecule has 0 fully saturated rings. The number of hydrogen-bond acceptors (Lipinski definition) is 4. The maximum atomic E-state index is 13.6. The Hall–Kier alpha value is -3.97. The van der Waals surface area contributed by atoms with Gasteiger partial charge >= 0.3 is 5.69 Å². The Kier molecular flexibility index (Phi) is 5.86. The van der Waals surface area contributed by atoms with Gasteiger partial charge < -0.3 is 5.32 Å². The number of rotatable bonds is 6. The maximum Gasteiger partial charge on any atom is 0.332 e. The van der Waals surface area contributed by atoms with Crippen molar-refractivity contribution in [1.82, 2.24) is 9.13 Å². The van der Waals surface area contributed by atoms with Crippen LogP contribution in [0.2, 0.25) is 0 Å². The first-order valence-electron chi connectivity index (χ1n) is 11.1. The number of nitrogens with zero attached hydrogens (tertiary/aromatic N) is 2. The van der Waals surface area contributed by atoms with E-state index in [1.807, 2.05) is 85.8 Å². The van der Waals surface area contributed by atoms with Crippen LogP contribution in [0.1, 0.15) is 18.1 Å². The van der Waals surface area contributed by atoms with Crippen molar-refractivity contribution in [2.75, 3.05) is 5.32 Å². The van der Waals surface area contributed by atoms with Crippen LogP contribution in [0.25, 0.3) is 20.3 Å². The molecule has 0 atom stereocenters. The molecule has 6 nitrogen and oxygen atoms in total. The Morgan fingerprint density at radius 3 is 2.38 bits per heavy atom. The summed E-state index contributed by atoms with van der Waals surface area (Å²) in [4.78, 5) is 40.1. The highest BCUT2D eigenvalue weighted by Gasteiger charge is 2.20. The molecule has 34 heavy (non-hydrogen) atoms. The first kappa shape index (κ1) is 21.9. The van der Waals surface area contributed by atoms with Crippen molar-refractivity contribution < 1.29 is 4.79 Å². The standard InChI is InChI=1S/C27H23N3O3S/c1-2-19-12-6-8-14-21(19)28-23(31)17-29-24-20-13-7-9-15-22(20)34-25(24)26(32)30(27(29)33)16-18-10-4-3-5-11-18/h3-15H,2,16-17H2,1H3,(H,28,31). The van der Waals surface area contributed by atoms with Gasteiger partial charge in [-0.1, -0.05) is 73.7 Å². The Morgan fingerprint density at radius 1 is 0.882 bits per heavy atom. The van der Waals surface area contributed by atoms with Gasteiger partial charge in [-0.15, -0.1) is 11.3 Å². The zero-order valence-electron chi connectivity index (χ0n) is 18.7. The van der Waals surface area contributed by atoms with Gasteiger partial charge in [0, 0.05) is 15.8 Å². The predicted octanol–water partition coefficient (Wildman–Crippen LogP) is 4.63. The van der Waals surface area contributed by atoms with E-state index in [1.165, 1.54) is 20.5 Å². The molecule has 5 aromatic rings. The number of thiophene rings is 1. The predicted molar refractivity (Wildman–Crippen MR) is 138 cm³/mol. The fourth-order valence-electron chi connectivity index (χ4n) is 4.23. The second-order valence-electron chi connectivity index (χ2n) is 8.08. The van der Waals surface area contributed by atoms with Gasteiger partial charge in [0.1, 0.15) is 11.2 Å². The van der Waals surface area contributed by atoms with Crippen molar-refractivity contribution in [1.29, 1.82) is 0 Å². The van der Waals surface area contributed by atoms with Crippen LogP contribution in [0.15, 0.2) is 88.5 Å². The van der Waals surface area contributed by atoms with Crippen LogP contribution in [0.3, 0.4) is 0 Å². The smallest absolute Gasteiger partial charge is 0.324 e. The molecule has 7 heteroatoms. The zero-order valence-corrected chi connectivity index (χ0v) is 19.5. The van der Waals surface area contributed by atoms with Gasteiger partial charge in [-0.3, -0.25) is 18.7 Å². The number of aromatic nitrogens is 2. The molecule has 2 aromatic heterocycles. The molecule has 0 aliphatic carbocycles. The molecular weight excluding hydrogens is 446 g/mol. The Labute approximate surface area is 199 Å². The summed E-state index contributed by atoms with van der Waals surface area (Å²) in [7, 11) is 0. The molecule has 0 saturated carbocycles. The first-order valence-corrected chi connectivity index (χ1v) is 11.9. The lowest BCUT2D eigenvalue weighted by atomic mass is 10.1. The SMILES string of the molecule is CCc1ccccc1NC(=O)Cn1c(=O)n(Cc2ccccc2)c(=O)c2sc3ccccc3c21. The average molecular weight is 470 g/mol. The third kappa shape index (κ3) is 3.95. The lowest BCUT2D eigenvalue weighted by molar-refractivity contribution is -0.116. The summed E-state index contributed by atoms with van der Waals surface area (Å²) in [5.41, 5.74) is 2.27. The summed E-state index contributed by atoms with van der Waals surface area (Å²) in [5.74, 6) is -0.315. The quantitative estimate of drug-likeness (QED) is 0.394. The van der Waals surface area contributed by atoms with Crippen molar-refractivity contribution in [3.63, 3.8) is 0 Å². The minimum absolute atomic E-state index is 0.142. The first-order chi connectivity index (χ1) is 16.6. The van der Waals surface area contributed by atoms with Gasteiger partial charge in [0.15, 0.2) is 0 Å². The normalized spacial score (nSPS) is 11.2. The molecule has 0 spiro atoms. The summed E-state index contributed by atoms with van der Waals surface area (Å²) in [5, 5.41) is 3.74. The summed E-state index contributed by atoms with van der Waals surface area (Å²) < 4.78 is 4.03. The van der Waals surface area contributed by atoms with Crippen LogP contribution >= 0.6 is 11.3 Å². The molecule has 0 aliphatic heterocycles. The number of nitrogens with one attached hydrogen (secondary N) is 1. The fourth-order valence-corrected chi connectivity index (χ4v) is 5.39. The van der Waals surface area contributed by atoms with Crippen molar-refractivity contribution >= 4 is 43.2 Å². The lowest BCUT2D eigenvalue weighted by Gasteiger charge is -2.14. The van der Waals surface area contributed by atoms with E-state index in [0.29, 0.717) is 10.2 Å². The summed E-state index contributed by atoms with van der Waals surface area (Å²) in [6, 6.07) is 24.6. The number of para-hydroxylation sites is 1. The Morgan fingerprint density at radius 2 is 1.59 bits per heavy atom. The highest BCUT2D eigenvalue weighted by molar-refractivity contribution is 7.25. The second kappa shape index (κ2) is 9.11. The Balaban J connectivity index is 1.65. The molecule has 1 amide bonds. The van der Waals surface area contributed by atoms with E-state index in [0.717, 1.165) is 33.3 Å². The molecule has 0 saturated heterocycles. The largest absolute Gasteiger partial charge is 0.332 e. The maximum absolute atomic E-state index is 13.6. The Bertz CT molecular complexity index is 1630. The molecule has 5 rings (SSSR count). The molecule has 0 unspecified atom stereocenters. The monoisotopic (exact) mass is 469 g/mol.